The van der Waals surface area contributed by atoms with Gasteiger partial charge < -0.3 is 19.7 Å². The molecule has 3 aliphatic carbocycles. The highest BCUT2D eigenvalue weighted by molar-refractivity contribution is 6.46. The highest BCUT2D eigenvalue weighted by atomic mass is 28.3. The second-order valence-corrected chi connectivity index (χ2v) is 11.4. The van der Waals surface area contributed by atoms with Gasteiger partial charge in [0.2, 0.25) is 0 Å². The first kappa shape index (κ1) is 21.8. The van der Waals surface area contributed by atoms with Crippen LogP contribution in [0.4, 0.5) is 0 Å². The second kappa shape index (κ2) is 11.9. The number of hydrogen-bond acceptors (Lipinski definition) is 4. The highest BCUT2D eigenvalue weighted by Crippen LogP contribution is 2.25. The van der Waals surface area contributed by atoms with Gasteiger partial charge >= 0.3 is 9.36 Å². The van der Waals surface area contributed by atoms with E-state index in [0.717, 1.165) is 31.0 Å². The van der Waals surface area contributed by atoms with Gasteiger partial charge in [-0.2, -0.15) is 0 Å². The van der Waals surface area contributed by atoms with Gasteiger partial charge in [-0.25, -0.2) is 0 Å². The zero-order chi connectivity index (χ0) is 18.9. The Balaban J connectivity index is 1.45. The number of hydrogen-bond donors (Lipinski definition) is 3. The van der Waals surface area contributed by atoms with Crippen molar-refractivity contribution in [1.29, 1.82) is 0 Å². The molecule has 0 aliphatic heterocycles. The first-order valence-electron chi connectivity index (χ1n) is 12.1. The van der Waals surface area contributed by atoms with E-state index in [-0.39, 0.29) is 0 Å². The molecule has 0 amide bonds. The van der Waals surface area contributed by atoms with Crippen molar-refractivity contribution in [2.45, 2.75) is 115 Å². The lowest BCUT2D eigenvalue weighted by Crippen LogP contribution is -2.60. The molecule has 3 rings (SSSR count). The number of rotatable bonds is 9. The van der Waals surface area contributed by atoms with Gasteiger partial charge in [-0.15, -0.1) is 0 Å². The topological polar surface area (TPSA) is 45.3 Å². The molecule has 0 aromatic carbocycles. The molecule has 3 saturated carbocycles. The minimum atomic E-state index is -1.57. The van der Waals surface area contributed by atoms with Crippen LogP contribution in [0.3, 0.4) is 0 Å². The molecule has 0 radical (unpaired) electrons. The Kier molecular flexibility index (Phi) is 9.60. The van der Waals surface area contributed by atoms with Crippen molar-refractivity contribution < 1.29 is 4.43 Å². The Bertz CT molecular complexity index is 381. The van der Waals surface area contributed by atoms with Crippen LogP contribution in [0.1, 0.15) is 97.3 Å². The van der Waals surface area contributed by atoms with Crippen LogP contribution in [0.2, 0.25) is 0 Å². The van der Waals surface area contributed by atoms with Gasteiger partial charge in [-0.3, -0.25) is 0 Å². The standard InChI is InChI=1S/C22H45N3OSi/c1-18-10-6-8-14-21(18)24-27(25-22-15-9-7-11-19(22)2)26-17-16-23-20-12-4-3-5-13-20/h18-25,27H,3-17H2,1-2H3. The third-order valence-electron chi connectivity index (χ3n) is 7.38. The summed E-state index contributed by atoms with van der Waals surface area (Å²) in [5.74, 6) is 1.59. The quantitative estimate of drug-likeness (QED) is 0.408. The molecule has 0 heterocycles. The minimum Gasteiger partial charge on any atom is -0.393 e. The summed E-state index contributed by atoms with van der Waals surface area (Å²) in [5.41, 5.74) is 0. The Morgan fingerprint density at radius 2 is 1.22 bits per heavy atom. The third-order valence-corrected chi connectivity index (χ3v) is 9.41. The van der Waals surface area contributed by atoms with Gasteiger partial charge in [0.15, 0.2) is 0 Å². The zero-order valence-electron chi connectivity index (χ0n) is 18.0. The van der Waals surface area contributed by atoms with Gasteiger partial charge in [-0.1, -0.05) is 58.8 Å². The fraction of sp³-hybridized carbons (Fsp3) is 1.00. The van der Waals surface area contributed by atoms with Crippen molar-refractivity contribution in [2.24, 2.45) is 11.8 Å². The Morgan fingerprint density at radius 3 is 1.78 bits per heavy atom. The molecule has 4 unspecified atom stereocenters. The molecule has 3 N–H and O–H groups in total. The SMILES string of the molecule is CC1CCCCC1N[SiH](NC1CCCCC1C)OCCNC1CCCCC1. The molecule has 0 spiro atoms. The molecule has 0 aromatic heterocycles. The van der Waals surface area contributed by atoms with Gasteiger partial charge in [0.05, 0.1) is 0 Å². The van der Waals surface area contributed by atoms with Crippen LogP contribution in [0.15, 0.2) is 0 Å². The van der Waals surface area contributed by atoms with Crippen molar-refractivity contribution in [3.63, 3.8) is 0 Å². The molecule has 4 atom stereocenters. The minimum absolute atomic E-state index is 0.660. The van der Waals surface area contributed by atoms with E-state index >= 15 is 0 Å². The van der Waals surface area contributed by atoms with Crippen molar-refractivity contribution >= 4 is 9.36 Å². The number of nitrogens with one attached hydrogen (secondary N) is 3. The molecule has 3 fully saturated rings. The molecule has 3 aliphatic rings. The van der Waals surface area contributed by atoms with Crippen LogP contribution >= 0.6 is 0 Å². The average molecular weight is 396 g/mol. The van der Waals surface area contributed by atoms with E-state index in [1.54, 1.807) is 0 Å². The van der Waals surface area contributed by atoms with E-state index in [1.165, 1.54) is 83.5 Å². The maximum Gasteiger partial charge on any atom is 0.335 e. The molecule has 4 nitrogen and oxygen atoms in total. The van der Waals surface area contributed by atoms with Gasteiger partial charge in [0, 0.05) is 31.3 Å². The van der Waals surface area contributed by atoms with E-state index in [1.807, 2.05) is 0 Å². The summed E-state index contributed by atoms with van der Waals surface area (Å²) < 4.78 is 6.49. The van der Waals surface area contributed by atoms with Crippen molar-refractivity contribution in [3.8, 4) is 0 Å². The molecule has 27 heavy (non-hydrogen) atoms. The molecule has 0 bridgehead atoms. The normalized spacial score (nSPS) is 34.4. The van der Waals surface area contributed by atoms with E-state index in [0.29, 0.717) is 12.1 Å². The Hall–Kier alpha value is 0.0569. The van der Waals surface area contributed by atoms with Gasteiger partial charge in [0.1, 0.15) is 0 Å². The van der Waals surface area contributed by atoms with E-state index < -0.39 is 9.36 Å². The second-order valence-electron chi connectivity index (χ2n) is 9.61. The fourth-order valence-electron chi connectivity index (χ4n) is 5.41. The predicted octanol–water partition coefficient (Wildman–Crippen LogP) is 3.98. The van der Waals surface area contributed by atoms with Gasteiger partial charge in [-0.05, 0) is 50.4 Å². The largest absolute Gasteiger partial charge is 0.393 e. The molecule has 0 saturated heterocycles. The summed E-state index contributed by atoms with van der Waals surface area (Å²) in [6.45, 7) is 6.72. The summed E-state index contributed by atoms with van der Waals surface area (Å²) in [7, 11) is -1.57. The van der Waals surface area contributed by atoms with Crippen LogP contribution in [0.25, 0.3) is 0 Å². The summed E-state index contributed by atoms with van der Waals surface area (Å²) in [6.07, 6.45) is 17.9. The van der Waals surface area contributed by atoms with E-state index in [9.17, 15) is 0 Å². The monoisotopic (exact) mass is 395 g/mol. The van der Waals surface area contributed by atoms with Crippen LogP contribution in [0.5, 0.6) is 0 Å². The lowest BCUT2D eigenvalue weighted by molar-refractivity contribution is 0.236. The van der Waals surface area contributed by atoms with Crippen LogP contribution < -0.4 is 15.3 Å². The van der Waals surface area contributed by atoms with E-state index in [2.05, 4.69) is 29.1 Å². The molecular weight excluding hydrogens is 350 g/mol. The molecule has 0 aromatic rings. The first-order valence-corrected chi connectivity index (χ1v) is 13.7. The Labute approximate surface area is 169 Å². The van der Waals surface area contributed by atoms with Gasteiger partial charge in [0.25, 0.3) is 0 Å². The molecule has 158 valence electrons. The van der Waals surface area contributed by atoms with Crippen LogP contribution in [-0.4, -0.2) is 40.6 Å². The summed E-state index contributed by atoms with van der Waals surface area (Å²) >= 11 is 0. The highest BCUT2D eigenvalue weighted by Gasteiger charge is 2.29. The first-order chi connectivity index (χ1) is 13.2. The van der Waals surface area contributed by atoms with Crippen molar-refractivity contribution in [2.75, 3.05) is 13.2 Å². The molecular formula is C22H45N3OSi. The Morgan fingerprint density at radius 1 is 0.704 bits per heavy atom. The fourth-order valence-corrected chi connectivity index (χ4v) is 7.82. The lowest BCUT2D eigenvalue weighted by Gasteiger charge is -2.37. The average Bonchev–Trinajstić information content (AvgIpc) is 2.69. The summed E-state index contributed by atoms with van der Waals surface area (Å²) in [4.78, 5) is 7.98. The molecule has 5 heteroatoms. The smallest absolute Gasteiger partial charge is 0.335 e. The zero-order valence-corrected chi connectivity index (χ0v) is 19.1. The van der Waals surface area contributed by atoms with Crippen LogP contribution in [-0.2, 0) is 4.43 Å². The maximum absolute atomic E-state index is 6.49. The van der Waals surface area contributed by atoms with E-state index in [4.69, 9.17) is 4.43 Å². The third kappa shape index (κ3) is 7.43. The lowest BCUT2D eigenvalue weighted by atomic mass is 9.87. The summed E-state index contributed by atoms with van der Waals surface area (Å²) in [5, 5.41) is 3.74. The summed E-state index contributed by atoms with van der Waals surface area (Å²) in [6, 6.07) is 2.06. The predicted molar refractivity (Wildman–Crippen MR) is 117 cm³/mol. The van der Waals surface area contributed by atoms with Crippen molar-refractivity contribution in [1.82, 2.24) is 15.3 Å². The van der Waals surface area contributed by atoms with Crippen molar-refractivity contribution in [3.05, 3.63) is 0 Å². The van der Waals surface area contributed by atoms with Crippen LogP contribution in [0, 0.1) is 11.8 Å². The maximum atomic E-state index is 6.49.